The molecular weight excluding hydrogens is 242 g/mol. The van der Waals surface area contributed by atoms with Gasteiger partial charge in [-0.15, -0.1) is 0 Å². The van der Waals surface area contributed by atoms with Gasteiger partial charge < -0.3 is 19.5 Å². The van der Waals surface area contributed by atoms with E-state index in [2.05, 4.69) is 24.4 Å². The molecule has 1 aliphatic heterocycles. The molecule has 0 radical (unpaired) electrons. The van der Waals surface area contributed by atoms with E-state index < -0.39 is 0 Å². The minimum absolute atomic E-state index is 0.271. The summed E-state index contributed by atoms with van der Waals surface area (Å²) >= 11 is 0. The maximum atomic E-state index is 5.68. The maximum Gasteiger partial charge on any atom is 0.119 e. The monoisotopic (exact) mass is 265 g/mol. The minimum Gasteiger partial charge on any atom is -0.491 e. The Labute approximate surface area is 115 Å². The highest BCUT2D eigenvalue weighted by Gasteiger charge is 2.18. The van der Waals surface area contributed by atoms with E-state index in [1.807, 2.05) is 12.1 Å². The van der Waals surface area contributed by atoms with Crippen LogP contribution in [-0.4, -0.2) is 39.1 Å². The lowest BCUT2D eigenvalue weighted by atomic mass is 10.2. The van der Waals surface area contributed by atoms with E-state index in [1.54, 1.807) is 0 Å². The molecule has 0 aliphatic carbocycles. The highest BCUT2D eigenvalue weighted by molar-refractivity contribution is 5.28. The van der Waals surface area contributed by atoms with Crippen LogP contribution >= 0.6 is 0 Å². The van der Waals surface area contributed by atoms with Gasteiger partial charge in [0.15, 0.2) is 0 Å². The fraction of sp³-hybridized carbons (Fsp3) is 0.600. The van der Waals surface area contributed by atoms with Gasteiger partial charge in [-0.25, -0.2) is 0 Å². The van der Waals surface area contributed by atoms with Crippen molar-refractivity contribution in [1.29, 1.82) is 0 Å². The summed E-state index contributed by atoms with van der Waals surface area (Å²) in [6, 6.07) is 8.20. The van der Waals surface area contributed by atoms with Crippen molar-refractivity contribution in [2.24, 2.45) is 0 Å². The van der Waals surface area contributed by atoms with Crippen LogP contribution in [0.4, 0.5) is 0 Å². The summed E-state index contributed by atoms with van der Waals surface area (Å²) in [4.78, 5) is 0. The molecule has 106 valence electrons. The van der Waals surface area contributed by atoms with Crippen molar-refractivity contribution in [2.45, 2.75) is 26.0 Å². The zero-order valence-electron chi connectivity index (χ0n) is 11.6. The normalized spacial score (nSPS) is 15.2. The average molecular weight is 265 g/mol. The number of hydrogen-bond donors (Lipinski definition) is 1. The van der Waals surface area contributed by atoms with Crippen LogP contribution in [0.5, 0.6) is 5.75 Å². The van der Waals surface area contributed by atoms with Crippen molar-refractivity contribution in [3.8, 4) is 5.75 Å². The third kappa shape index (κ3) is 5.19. The largest absolute Gasteiger partial charge is 0.491 e. The van der Waals surface area contributed by atoms with Crippen molar-refractivity contribution in [2.75, 3.05) is 33.0 Å². The van der Waals surface area contributed by atoms with Crippen LogP contribution in [0.2, 0.25) is 0 Å². The van der Waals surface area contributed by atoms with Crippen LogP contribution in [0, 0.1) is 0 Å². The van der Waals surface area contributed by atoms with Gasteiger partial charge >= 0.3 is 0 Å². The van der Waals surface area contributed by atoms with Gasteiger partial charge in [0.1, 0.15) is 18.5 Å². The quantitative estimate of drug-likeness (QED) is 0.693. The van der Waals surface area contributed by atoms with E-state index in [9.17, 15) is 0 Å². The lowest BCUT2D eigenvalue weighted by molar-refractivity contribution is -0.132. The molecule has 0 atom stereocenters. The Morgan fingerprint density at radius 1 is 1.32 bits per heavy atom. The molecule has 0 aromatic heterocycles. The number of rotatable bonds is 9. The Kier molecular flexibility index (Phi) is 6.14. The van der Waals surface area contributed by atoms with Crippen LogP contribution < -0.4 is 10.1 Å². The molecule has 1 heterocycles. The molecule has 0 saturated carbocycles. The van der Waals surface area contributed by atoms with E-state index in [0.717, 1.165) is 38.5 Å². The minimum atomic E-state index is 0.271. The number of ether oxygens (including phenoxy) is 3. The van der Waals surface area contributed by atoms with Crippen molar-refractivity contribution < 1.29 is 14.2 Å². The molecule has 1 fully saturated rings. The van der Waals surface area contributed by atoms with Crippen molar-refractivity contribution in [3.63, 3.8) is 0 Å². The van der Waals surface area contributed by atoms with Gasteiger partial charge in [-0.3, -0.25) is 0 Å². The molecule has 1 aromatic carbocycles. The zero-order chi connectivity index (χ0) is 13.3. The molecule has 0 bridgehead atoms. The molecule has 1 N–H and O–H groups in total. The molecule has 1 aromatic rings. The molecule has 1 saturated heterocycles. The lowest BCUT2D eigenvalue weighted by Gasteiger charge is -2.25. The van der Waals surface area contributed by atoms with Crippen LogP contribution in [0.1, 0.15) is 18.9 Å². The molecule has 2 rings (SSSR count). The summed E-state index contributed by atoms with van der Waals surface area (Å²) < 4.78 is 16.3. The van der Waals surface area contributed by atoms with Crippen molar-refractivity contribution in [1.82, 2.24) is 5.32 Å². The Morgan fingerprint density at radius 3 is 2.95 bits per heavy atom. The Balaban J connectivity index is 1.65. The second-order valence-electron chi connectivity index (χ2n) is 4.70. The fourth-order valence-electron chi connectivity index (χ4n) is 1.84. The highest BCUT2D eigenvalue weighted by Crippen LogP contribution is 2.13. The zero-order valence-corrected chi connectivity index (χ0v) is 11.6. The Hall–Kier alpha value is -1.10. The van der Waals surface area contributed by atoms with Gasteiger partial charge in [0.25, 0.3) is 0 Å². The second-order valence-corrected chi connectivity index (χ2v) is 4.70. The van der Waals surface area contributed by atoms with Gasteiger partial charge in [-0.05, 0) is 30.7 Å². The second kappa shape index (κ2) is 8.15. The number of hydrogen-bond acceptors (Lipinski definition) is 4. The SMILES string of the molecule is CCCNCc1cccc(OCCOC2COC2)c1. The molecule has 0 spiro atoms. The summed E-state index contributed by atoms with van der Waals surface area (Å²) in [6.07, 6.45) is 1.42. The molecule has 19 heavy (non-hydrogen) atoms. The average Bonchev–Trinajstić information content (AvgIpc) is 2.37. The highest BCUT2D eigenvalue weighted by atomic mass is 16.6. The third-order valence-corrected chi connectivity index (χ3v) is 2.97. The Bertz CT molecular complexity index is 366. The standard InChI is InChI=1S/C15H23NO3/c1-2-6-16-10-13-4-3-5-14(9-13)18-7-8-19-15-11-17-12-15/h3-5,9,15-16H,2,6-8,10-12H2,1H3. The summed E-state index contributed by atoms with van der Waals surface area (Å²) in [5.41, 5.74) is 1.25. The number of nitrogens with one attached hydrogen (secondary N) is 1. The molecule has 1 aliphatic rings. The summed E-state index contributed by atoms with van der Waals surface area (Å²) in [6.45, 7) is 6.74. The molecular formula is C15H23NO3. The third-order valence-electron chi connectivity index (χ3n) is 2.97. The van der Waals surface area contributed by atoms with Gasteiger partial charge in [0.2, 0.25) is 0 Å². The Morgan fingerprint density at radius 2 is 2.21 bits per heavy atom. The topological polar surface area (TPSA) is 39.7 Å². The first-order valence-electron chi connectivity index (χ1n) is 7.00. The smallest absolute Gasteiger partial charge is 0.119 e. The van der Waals surface area contributed by atoms with E-state index in [1.165, 1.54) is 5.56 Å². The van der Waals surface area contributed by atoms with Crippen LogP contribution in [0.25, 0.3) is 0 Å². The summed E-state index contributed by atoms with van der Waals surface area (Å²) in [7, 11) is 0. The fourth-order valence-corrected chi connectivity index (χ4v) is 1.84. The molecule has 0 amide bonds. The van der Waals surface area contributed by atoms with E-state index in [0.29, 0.717) is 13.2 Å². The van der Waals surface area contributed by atoms with Gasteiger partial charge in [-0.1, -0.05) is 19.1 Å². The molecule has 0 unspecified atom stereocenters. The van der Waals surface area contributed by atoms with Gasteiger partial charge in [0.05, 0.1) is 19.8 Å². The summed E-state index contributed by atoms with van der Waals surface area (Å²) in [5.74, 6) is 0.907. The number of benzene rings is 1. The predicted molar refractivity (Wildman–Crippen MR) is 74.5 cm³/mol. The van der Waals surface area contributed by atoms with E-state index in [4.69, 9.17) is 14.2 Å². The van der Waals surface area contributed by atoms with Crippen LogP contribution in [-0.2, 0) is 16.0 Å². The first-order chi connectivity index (χ1) is 9.38. The summed E-state index contributed by atoms with van der Waals surface area (Å²) in [5, 5.41) is 3.38. The van der Waals surface area contributed by atoms with Crippen molar-refractivity contribution in [3.05, 3.63) is 29.8 Å². The predicted octanol–water partition coefficient (Wildman–Crippen LogP) is 1.98. The van der Waals surface area contributed by atoms with Crippen LogP contribution in [0.15, 0.2) is 24.3 Å². The first-order valence-corrected chi connectivity index (χ1v) is 7.00. The maximum absolute atomic E-state index is 5.68. The molecule has 4 heteroatoms. The van der Waals surface area contributed by atoms with Gasteiger partial charge in [0, 0.05) is 6.54 Å². The lowest BCUT2D eigenvalue weighted by Crippen LogP contribution is -2.37. The molecule has 4 nitrogen and oxygen atoms in total. The first kappa shape index (κ1) is 14.3. The van der Waals surface area contributed by atoms with Gasteiger partial charge in [-0.2, -0.15) is 0 Å². The van der Waals surface area contributed by atoms with E-state index >= 15 is 0 Å². The van der Waals surface area contributed by atoms with Crippen LogP contribution in [0.3, 0.4) is 0 Å². The van der Waals surface area contributed by atoms with Crippen molar-refractivity contribution >= 4 is 0 Å². The van der Waals surface area contributed by atoms with E-state index in [-0.39, 0.29) is 6.10 Å².